The number of amides is 1. The number of hydrogen-bond acceptors (Lipinski definition) is 2. The summed E-state index contributed by atoms with van der Waals surface area (Å²) in [5.41, 5.74) is 4.19. The fourth-order valence-corrected chi connectivity index (χ4v) is 3.71. The van der Waals surface area contributed by atoms with Gasteiger partial charge in [0.05, 0.1) is 0 Å². The normalized spacial score (nSPS) is 17.5. The zero-order valence-electron chi connectivity index (χ0n) is 15.2. The van der Waals surface area contributed by atoms with E-state index in [1.54, 1.807) is 18.2 Å². The average molecular weight is 337 g/mol. The molecular formula is C22H27NO2. The third-order valence-corrected chi connectivity index (χ3v) is 5.33. The van der Waals surface area contributed by atoms with Crippen LogP contribution in [0.5, 0.6) is 5.75 Å². The number of phenols is 1. The van der Waals surface area contributed by atoms with Crippen LogP contribution < -0.4 is 0 Å². The maximum absolute atomic E-state index is 12.8. The van der Waals surface area contributed by atoms with E-state index in [2.05, 4.69) is 31.2 Å². The van der Waals surface area contributed by atoms with Crippen molar-refractivity contribution in [3.8, 4) is 5.75 Å². The molecule has 0 saturated carbocycles. The van der Waals surface area contributed by atoms with Crippen molar-refractivity contribution in [1.82, 2.24) is 4.90 Å². The van der Waals surface area contributed by atoms with E-state index in [1.165, 1.54) is 17.5 Å². The number of nitrogens with zero attached hydrogens (tertiary/aromatic N) is 1. The van der Waals surface area contributed by atoms with Gasteiger partial charge >= 0.3 is 0 Å². The Morgan fingerprint density at radius 1 is 1.16 bits per heavy atom. The molecule has 1 saturated heterocycles. The molecule has 2 aromatic rings. The first kappa shape index (κ1) is 17.5. The summed E-state index contributed by atoms with van der Waals surface area (Å²) in [5.74, 6) is 0.894. The molecule has 1 heterocycles. The van der Waals surface area contributed by atoms with Crippen molar-refractivity contribution >= 4 is 5.91 Å². The van der Waals surface area contributed by atoms with Gasteiger partial charge in [-0.05, 0) is 80.3 Å². The van der Waals surface area contributed by atoms with Crippen LogP contribution >= 0.6 is 0 Å². The second kappa shape index (κ2) is 7.73. The Morgan fingerprint density at radius 2 is 1.96 bits per heavy atom. The first-order valence-corrected chi connectivity index (χ1v) is 9.18. The molecule has 0 spiro atoms. The summed E-state index contributed by atoms with van der Waals surface area (Å²) >= 11 is 0. The van der Waals surface area contributed by atoms with Crippen molar-refractivity contribution in [3.63, 3.8) is 0 Å². The van der Waals surface area contributed by atoms with Crippen molar-refractivity contribution in [2.45, 2.75) is 39.5 Å². The van der Waals surface area contributed by atoms with Gasteiger partial charge < -0.3 is 10.0 Å². The maximum atomic E-state index is 12.8. The van der Waals surface area contributed by atoms with Gasteiger partial charge in [-0.3, -0.25) is 4.79 Å². The number of aromatic hydroxyl groups is 1. The van der Waals surface area contributed by atoms with Crippen LogP contribution in [-0.2, 0) is 6.42 Å². The Morgan fingerprint density at radius 3 is 2.72 bits per heavy atom. The Kier molecular flexibility index (Phi) is 5.42. The summed E-state index contributed by atoms with van der Waals surface area (Å²) in [7, 11) is 0. The van der Waals surface area contributed by atoms with E-state index in [9.17, 15) is 9.90 Å². The molecule has 0 aromatic heterocycles. The summed E-state index contributed by atoms with van der Waals surface area (Å²) in [5, 5.41) is 9.65. The highest BCUT2D eigenvalue weighted by atomic mass is 16.3. The van der Waals surface area contributed by atoms with Crippen molar-refractivity contribution in [2.24, 2.45) is 5.92 Å². The standard InChI is InChI=1S/C22H27NO2/c1-16-6-3-4-8-19(16)10-9-18-7-5-13-23(15-18)22(25)20-11-12-21(24)17(2)14-20/h3-4,6,8,11-12,14,18,24H,5,7,9-10,13,15H2,1-2H3/t18-/m0/s1. The first-order valence-electron chi connectivity index (χ1n) is 9.18. The van der Waals surface area contributed by atoms with E-state index >= 15 is 0 Å². The minimum Gasteiger partial charge on any atom is -0.508 e. The minimum absolute atomic E-state index is 0.0868. The lowest BCUT2D eigenvalue weighted by Crippen LogP contribution is -2.40. The Balaban J connectivity index is 1.61. The minimum atomic E-state index is 0.0868. The second-order valence-electron chi connectivity index (χ2n) is 7.23. The summed E-state index contributed by atoms with van der Waals surface area (Å²) in [6.45, 7) is 5.66. The lowest BCUT2D eigenvalue weighted by molar-refractivity contribution is 0.0668. The number of likely N-dealkylation sites (tertiary alicyclic amines) is 1. The third-order valence-electron chi connectivity index (χ3n) is 5.33. The van der Waals surface area contributed by atoms with E-state index in [0.29, 0.717) is 11.5 Å². The largest absolute Gasteiger partial charge is 0.508 e. The highest BCUT2D eigenvalue weighted by Crippen LogP contribution is 2.25. The molecule has 1 aliphatic rings. The van der Waals surface area contributed by atoms with Gasteiger partial charge in [0.15, 0.2) is 0 Å². The lowest BCUT2D eigenvalue weighted by atomic mass is 9.90. The molecule has 132 valence electrons. The Bertz CT molecular complexity index is 753. The summed E-state index contributed by atoms with van der Waals surface area (Å²) in [4.78, 5) is 14.8. The van der Waals surface area contributed by atoms with Crippen LogP contribution in [0.4, 0.5) is 0 Å². The van der Waals surface area contributed by atoms with Gasteiger partial charge in [0.25, 0.3) is 5.91 Å². The molecule has 0 radical (unpaired) electrons. The molecule has 1 fully saturated rings. The van der Waals surface area contributed by atoms with Gasteiger partial charge in [-0.25, -0.2) is 0 Å². The quantitative estimate of drug-likeness (QED) is 0.893. The van der Waals surface area contributed by atoms with Gasteiger partial charge in [-0.15, -0.1) is 0 Å². The zero-order valence-corrected chi connectivity index (χ0v) is 15.2. The number of rotatable bonds is 4. The van der Waals surface area contributed by atoms with Gasteiger partial charge in [-0.1, -0.05) is 24.3 Å². The van der Waals surface area contributed by atoms with Crippen molar-refractivity contribution in [2.75, 3.05) is 13.1 Å². The summed E-state index contributed by atoms with van der Waals surface area (Å²) in [6, 6.07) is 13.7. The van der Waals surface area contributed by atoms with E-state index in [4.69, 9.17) is 0 Å². The van der Waals surface area contributed by atoms with Crippen LogP contribution in [0, 0.1) is 19.8 Å². The summed E-state index contributed by atoms with van der Waals surface area (Å²) < 4.78 is 0. The van der Waals surface area contributed by atoms with Crippen LogP contribution in [0.1, 0.15) is 46.3 Å². The molecule has 1 atom stereocenters. The molecule has 1 N–H and O–H groups in total. The number of hydrogen-bond donors (Lipinski definition) is 1. The number of carbonyl (C=O) groups excluding carboxylic acids is 1. The second-order valence-corrected chi connectivity index (χ2v) is 7.23. The monoisotopic (exact) mass is 337 g/mol. The fraction of sp³-hybridized carbons (Fsp3) is 0.409. The molecular weight excluding hydrogens is 310 g/mol. The molecule has 3 rings (SSSR count). The average Bonchev–Trinajstić information content (AvgIpc) is 2.63. The first-order chi connectivity index (χ1) is 12.0. The highest BCUT2D eigenvalue weighted by molar-refractivity contribution is 5.94. The zero-order chi connectivity index (χ0) is 17.8. The Hall–Kier alpha value is -2.29. The summed E-state index contributed by atoms with van der Waals surface area (Å²) in [6.07, 6.45) is 4.48. The maximum Gasteiger partial charge on any atom is 0.253 e. The van der Waals surface area contributed by atoms with Gasteiger partial charge in [0.2, 0.25) is 0 Å². The third kappa shape index (κ3) is 4.22. The van der Waals surface area contributed by atoms with Crippen LogP contribution in [0.25, 0.3) is 0 Å². The molecule has 3 heteroatoms. The molecule has 0 aliphatic carbocycles. The highest BCUT2D eigenvalue weighted by Gasteiger charge is 2.24. The van der Waals surface area contributed by atoms with Gasteiger partial charge in [0, 0.05) is 18.7 Å². The van der Waals surface area contributed by atoms with Crippen LogP contribution in [0.15, 0.2) is 42.5 Å². The van der Waals surface area contributed by atoms with Crippen LogP contribution in [0.2, 0.25) is 0 Å². The van der Waals surface area contributed by atoms with E-state index < -0.39 is 0 Å². The van der Waals surface area contributed by atoms with Crippen molar-refractivity contribution in [1.29, 1.82) is 0 Å². The molecule has 1 amide bonds. The number of piperidine rings is 1. The molecule has 0 unspecified atom stereocenters. The topological polar surface area (TPSA) is 40.5 Å². The Labute approximate surface area is 150 Å². The van der Waals surface area contributed by atoms with E-state index in [0.717, 1.165) is 37.9 Å². The smallest absolute Gasteiger partial charge is 0.253 e. The molecule has 0 bridgehead atoms. The predicted molar refractivity (Wildman–Crippen MR) is 101 cm³/mol. The molecule has 3 nitrogen and oxygen atoms in total. The fourth-order valence-electron chi connectivity index (χ4n) is 3.71. The molecule has 1 aliphatic heterocycles. The number of benzene rings is 2. The molecule has 25 heavy (non-hydrogen) atoms. The van der Waals surface area contributed by atoms with Crippen LogP contribution in [-0.4, -0.2) is 29.0 Å². The van der Waals surface area contributed by atoms with E-state index in [-0.39, 0.29) is 11.7 Å². The number of carbonyl (C=O) groups is 1. The van der Waals surface area contributed by atoms with Crippen molar-refractivity contribution in [3.05, 3.63) is 64.7 Å². The lowest BCUT2D eigenvalue weighted by Gasteiger charge is -2.33. The molecule has 2 aromatic carbocycles. The number of phenolic OH excluding ortho intramolecular Hbond substituents is 1. The van der Waals surface area contributed by atoms with Gasteiger partial charge in [0.1, 0.15) is 5.75 Å². The SMILES string of the molecule is Cc1cc(C(=O)N2CCC[C@@H](CCc3ccccc3C)C2)ccc1O. The predicted octanol–water partition coefficient (Wildman–Crippen LogP) is 4.49. The van der Waals surface area contributed by atoms with Gasteiger partial charge in [-0.2, -0.15) is 0 Å². The van der Waals surface area contributed by atoms with E-state index in [1.807, 2.05) is 11.8 Å². The number of aryl methyl sites for hydroxylation is 3. The van der Waals surface area contributed by atoms with Crippen LogP contribution in [0.3, 0.4) is 0 Å². The van der Waals surface area contributed by atoms with Crippen molar-refractivity contribution < 1.29 is 9.90 Å².